The molecule has 0 amide bonds. The van der Waals surface area contributed by atoms with E-state index in [1.165, 1.54) is 0 Å². The number of rotatable bonds is 7. The average molecular weight is 306 g/mol. The van der Waals surface area contributed by atoms with Gasteiger partial charge in [-0.1, -0.05) is 0 Å². The molecule has 0 rings (SSSR count). The van der Waals surface area contributed by atoms with Gasteiger partial charge in [0.1, 0.15) is 0 Å². The molecule has 0 spiro atoms. The number of carboxylic acid groups (broad SMARTS) is 2. The van der Waals surface area contributed by atoms with Crippen molar-refractivity contribution in [3.8, 4) is 0 Å². The number of carboxylic acids is 2. The number of aliphatic carboxylic acids is 2. The van der Waals surface area contributed by atoms with Crippen LogP contribution in [0.4, 0.5) is 0 Å². The van der Waals surface area contributed by atoms with Gasteiger partial charge in [0.05, 0.1) is 6.42 Å². The molecular weight excluding hydrogens is 294 g/mol. The third-order valence-corrected chi connectivity index (χ3v) is 6.75. The predicted molar refractivity (Wildman–Crippen MR) is 55.9 cm³/mol. The Hall–Kier alpha value is -0.760. The van der Waals surface area contributed by atoms with E-state index in [4.69, 9.17) is 29.8 Å². The van der Waals surface area contributed by atoms with Crippen molar-refractivity contribution < 1.29 is 48.5 Å². The average Bonchev–Trinajstić information content (AvgIpc) is 2.06. The third-order valence-electron chi connectivity index (χ3n) is 2.26. The van der Waals surface area contributed by atoms with Crippen molar-refractivity contribution in [2.24, 2.45) is 0 Å². The quantitative estimate of drug-likeness (QED) is 0.330. The second kappa shape index (κ2) is 5.48. The summed E-state index contributed by atoms with van der Waals surface area (Å²) in [7, 11) is -11.1. The zero-order valence-electron chi connectivity index (χ0n) is 8.83. The fourth-order valence-electron chi connectivity index (χ4n) is 1.30. The molecule has 0 bridgehead atoms. The molecule has 0 saturated heterocycles. The van der Waals surface area contributed by atoms with E-state index >= 15 is 0 Å². The van der Waals surface area contributed by atoms with E-state index in [0.29, 0.717) is 0 Å². The minimum absolute atomic E-state index is 0.983. The van der Waals surface area contributed by atoms with Gasteiger partial charge in [-0.15, -0.1) is 0 Å². The van der Waals surface area contributed by atoms with Gasteiger partial charge in [-0.2, -0.15) is 0 Å². The van der Waals surface area contributed by atoms with Crippen molar-refractivity contribution in [2.45, 2.75) is 24.2 Å². The second-order valence-electron chi connectivity index (χ2n) is 3.53. The van der Waals surface area contributed by atoms with E-state index in [9.17, 15) is 18.7 Å². The van der Waals surface area contributed by atoms with Crippen LogP contribution in [0.3, 0.4) is 0 Å². The lowest BCUT2D eigenvalue weighted by Gasteiger charge is -2.32. The summed E-state index contributed by atoms with van der Waals surface area (Å²) in [5, 5.41) is 16.9. The summed E-state index contributed by atoms with van der Waals surface area (Å²) in [5.41, 5.74) is 0. The van der Waals surface area contributed by atoms with Crippen LogP contribution in [-0.2, 0) is 18.7 Å². The standard InChI is InChI=1S/C6H12O10P2/c7-4(8)1-2-6(3-5(9)10,17(11,12)13)18(14,15)16/h1-3H2,(H,7,8)(H,9,10)(H2,11,12,13)(H2,14,15,16). The van der Waals surface area contributed by atoms with Gasteiger partial charge < -0.3 is 29.8 Å². The maximum atomic E-state index is 11.2. The molecule has 10 nitrogen and oxygen atoms in total. The molecule has 18 heavy (non-hydrogen) atoms. The van der Waals surface area contributed by atoms with Crippen LogP contribution in [0.2, 0.25) is 0 Å². The molecule has 0 aliphatic carbocycles. The van der Waals surface area contributed by atoms with E-state index in [-0.39, 0.29) is 0 Å². The molecule has 0 fully saturated rings. The molecule has 0 aromatic carbocycles. The van der Waals surface area contributed by atoms with Crippen LogP contribution in [-0.4, -0.2) is 46.6 Å². The minimum Gasteiger partial charge on any atom is -0.481 e. The Balaban J connectivity index is 5.72. The number of hydrogen-bond acceptors (Lipinski definition) is 4. The van der Waals surface area contributed by atoms with Gasteiger partial charge in [0.2, 0.25) is 0 Å². The highest BCUT2D eigenvalue weighted by Gasteiger charge is 2.61. The van der Waals surface area contributed by atoms with Crippen LogP contribution in [0.25, 0.3) is 0 Å². The van der Waals surface area contributed by atoms with Gasteiger partial charge in [0, 0.05) is 6.42 Å². The molecule has 0 aromatic rings. The molecule has 0 heterocycles. The van der Waals surface area contributed by atoms with Crippen molar-refractivity contribution in [3.05, 3.63) is 0 Å². The zero-order valence-corrected chi connectivity index (χ0v) is 10.6. The van der Waals surface area contributed by atoms with Crippen LogP contribution in [0, 0.1) is 0 Å². The van der Waals surface area contributed by atoms with Gasteiger partial charge in [-0.25, -0.2) is 0 Å². The Bertz CT molecular complexity index is 408. The molecule has 0 unspecified atom stereocenters. The van der Waals surface area contributed by atoms with Gasteiger partial charge in [-0.3, -0.25) is 18.7 Å². The molecule has 0 atom stereocenters. The van der Waals surface area contributed by atoms with Crippen molar-refractivity contribution >= 4 is 27.1 Å². The SMILES string of the molecule is O=C(O)CCC(CC(=O)O)(P(=O)(O)O)P(=O)(O)O. The zero-order chi connectivity index (χ0) is 14.8. The molecular formula is C6H12O10P2. The van der Waals surface area contributed by atoms with E-state index in [0.717, 1.165) is 0 Å². The minimum atomic E-state index is -5.55. The normalized spacial score (nSPS) is 13.3. The summed E-state index contributed by atoms with van der Waals surface area (Å²) in [6, 6.07) is 0. The van der Waals surface area contributed by atoms with Crippen molar-refractivity contribution in [2.75, 3.05) is 0 Å². The van der Waals surface area contributed by atoms with Crippen molar-refractivity contribution in [3.63, 3.8) is 0 Å². The smallest absolute Gasteiger partial charge is 0.344 e. The molecule has 6 N–H and O–H groups in total. The van der Waals surface area contributed by atoms with Crippen LogP contribution in [0.1, 0.15) is 19.3 Å². The van der Waals surface area contributed by atoms with E-state index in [2.05, 4.69) is 0 Å². The first-order chi connectivity index (χ1) is 7.83. The van der Waals surface area contributed by atoms with Gasteiger partial charge in [0.25, 0.3) is 0 Å². The van der Waals surface area contributed by atoms with E-state index in [1.807, 2.05) is 0 Å². The van der Waals surface area contributed by atoms with Crippen molar-refractivity contribution in [1.29, 1.82) is 0 Å². The van der Waals surface area contributed by atoms with Gasteiger partial charge in [0.15, 0.2) is 4.90 Å². The highest BCUT2D eigenvalue weighted by Crippen LogP contribution is 2.72. The lowest BCUT2D eigenvalue weighted by atomic mass is 10.2. The Morgan fingerprint density at radius 3 is 1.50 bits per heavy atom. The van der Waals surface area contributed by atoms with Gasteiger partial charge >= 0.3 is 27.1 Å². The summed E-state index contributed by atoms with van der Waals surface area (Å²) in [6.07, 6.45) is -3.67. The third kappa shape index (κ3) is 3.88. The lowest BCUT2D eigenvalue weighted by Crippen LogP contribution is -2.33. The fraction of sp³-hybridized carbons (Fsp3) is 0.667. The molecule has 0 aliphatic heterocycles. The van der Waals surface area contributed by atoms with E-state index < -0.39 is 51.3 Å². The highest BCUT2D eigenvalue weighted by molar-refractivity contribution is 7.72. The summed E-state index contributed by atoms with van der Waals surface area (Å²) >= 11 is 0. The first-order valence-electron chi connectivity index (χ1n) is 4.38. The molecule has 0 saturated carbocycles. The molecule has 0 radical (unpaired) electrons. The largest absolute Gasteiger partial charge is 0.481 e. The number of carbonyl (C=O) groups is 2. The highest BCUT2D eigenvalue weighted by atomic mass is 31.2. The van der Waals surface area contributed by atoms with Gasteiger partial charge in [-0.05, 0) is 6.42 Å². The predicted octanol–water partition coefficient (Wildman–Crippen LogP) is -0.622. The van der Waals surface area contributed by atoms with Crippen LogP contribution in [0.5, 0.6) is 0 Å². The molecule has 0 aromatic heterocycles. The van der Waals surface area contributed by atoms with E-state index in [1.54, 1.807) is 0 Å². The monoisotopic (exact) mass is 306 g/mol. The maximum Gasteiger partial charge on any atom is 0.344 e. The van der Waals surface area contributed by atoms with Crippen LogP contribution in [0.15, 0.2) is 0 Å². The summed E-state index contributed by atoms with van der Waals surface area (Å²) in [6.45, 7) is 0. The summed E-state index contributed by atoms with van der Waals surface area (Å²) in [4.78, 5) is 53.6. The second-order valence-corrected chi connectivity index (χ2v) is 7.78. The Kier molecular flexibility index (Phi) is 5.25. The van der Waals surface area contributed by atoms with Crippen LogP contribution < -0.4 is 0 Å². The first kappa shape index (κ1) is 17.2. The lowest BCUT2D eigenvalue weighted by molar-refractivity contribution is -0.139. The molecule has 0 aliphatic rings. The fourth-order valence-corrected chi connectivity index (χ4v) is 4.15. The topological polar surface area (TPSA) is 190 Å². The maximum absolute atomic E-state index is 11.2. The molecule has 106 valence electrons. The first-order valence-corrected chi connectivity index (χ1v) is 7.61. The van der Waals surface area contributed by atoms with Crippen LogP contribution >= 0.6 is 15.2 Å². The summed E-state index contributed by atoms with van der Waals surface area (Å²) < 4.78 is 22.4. The number of hydrogen-bond donors (Lipinski definition) is 6. The Labute approximate surface area is 101 Å². The summed E-state index contributed by atoms with van der Waals surface area (Å²) in [5.74, 6) is -3.42. The Morgan fingerprint density at radius 2 is 1.28 bits per heavy atom. The molecule has 12 heteroatoms. The Morgan fingerprint density at radius 1 is 0.889 bits per heavy atom. The van der Waals surface area contributed by atoms with Crippen molar-refractivity contribution in [1.82, 2.24) is 0 Å².